The zero-order chi connectivity index (χ0) is 18.1. The maximum Gasteiger partial charge on any atom is 0.256 e. The van der Waals surface area contributed by atoms with Gasteiger partial charge in [-0.1, -0.05) is 23.2 Å². The van der Waals surface area contributed by atoms with Crippen molar-refractivity contribution in [1.82, 2.24) is 4.90 Å². The molecule has 1 aliphatic heterocycles. The van der Waals surface area contributed by atoms with E-state index >= 15 is 0 Å². The smallest absolute Gasteiger partial charge is 0.256 e. The fourth-order valence-electron chi connectivity index (χ4n) is 2.84. The zero-order valence-corrected chi connectivity index (χ0v) is 14.9. The second kappa shape index (κ2) is 7.02. The first-order valence-corrected chi connectivity index (χ1v) is 8.47. The Bertz CT molecular complexity index is 826. The van der Waals surface area contributed by atoms with E-state index in [-0.39, 0.29) is 22.7 Å². The Morgan fingerprint density at radius 1 is 1.12 bits per heavy atom. The Morgan fingerprint density at radius 2 is 1.80 bits per heavy atom. The molecule has 1 fully saturated rings. The lowest BCUT2D eigenvalue weighted by Gasteiger charge is -2.39. The molecule has 0 aliphatic carbocycles. The highest BCUT2D eigenvalue weighted by molar-refractivity contribution is 6.36. The van der Waals surface area contributed by atoms with E-state index in [0.29, 0.717) is 29.4 Å². The van der Waals surface area contributed by atoms with Crippen LogP contribution in [0, 0.1) is 5.82 Å². The number of carbonyl (C=O) groups excluding carboxylic acids is 2. The van der Waals surface area contributed by atoms with Crippen LogP contribution in [0.3, 0.4) is 0 Å². The minimum Gasteiger partial charge on any atom is -0.325 e. The Hall–Kier alpha value is -2.11. The minimum absolute atomic E-state index is 0.226. The van der Waals surface area contributed by atoms with Gasteiger partial charge >= 0.3 is 0 Å². The molecule has 25 heavy (non-hydrogen) atoms. The number of anilines is 1. The Morgan fingerprint density at radius 3 is 2.44 bits per heavy atom. The number of piperazine rings is 1. The molecule has 0 unspecified atom stereocenters. The average molecular weight is 381 g/mol. The molecule has 4 nitrogen and oxygen atoms in total. The van der Waals surface area contributed by atoms with Crippen LogP contribution in [0.5, 0.6) is 0 Å². The molecule has 1 aliphatic rings. The largest absolute Gasteiger partial charge is 0.325 e. The molecule has 0 radical (unpaired) electrons. The molecule has 3 rings (SSSR count). The van der Waals surface area contributed by atoms with Gasteiger partial charge in [0.2, 0.25) is 5.91 Å². The Kier molecular flexibility index (Phi) is 4.97. The molecule has 0 saturated carbocycles. The van der Waals surface area contributed by atoms with Crippen molar-refractivity contribution in [2.75, 3.05) is 18.0 Å². The molecular weight excluding hydrogens is 366 g/mol. The Balaban J connectivity index is 1.81. The molecule has 1 heterocycles. The fourth-order valence-corrected chi connectivity index (χ4v) is 3.33. The van der Waals surface area contributed by atoms with Crippen molar-refractivity contribution in [2.24, 2.45) is 0 Å². The van der Waals surface area contributed by atoms with Gasteiger partial charge in [-0.05, 0) is 49.4 Å². The summed E-state index contributed by atoms with van der Waals surface area (Å²) < 4.78 is 13.1. The van der Waals surface area contributed by atoms with Crippen molar-refractivity contribution in [1.29, 1.82) is 0 Å². The maximum atomic E-state index is 13.1. The molecule has 2 amide bonds. The summed E-state index contributed by atoms with van der Waals surface area (Å²) in [6.45, 7) is 2.34. The van der Waals surface area contributed by atoms with Crippen molar-refractivity contribution in [3.63, 3.8) is 0 Å². The number of carbonyl (C=O) groups is 2. The monoisotopic (exact) mass is 380 g/mol. The van der Waals surface area contributed by atoms with Crippen molar-refractivity contribution < 1.29 is 14.0 Å². The van der Waals surface area contributed by atoms with Gasteiger partial charge < -0.3 is 9.80 Å². The second-order valence-electron chi connectivity index (χ2n) is 5.76. The molecule has 7 heteroatoms. The third kappa shape index (κ3) is 3.48. The molecule has 2 aromatic carbocycles. The van der Waals surface area contributed by atoms with Crippen LogP contribution in [-0.4, -0.2) is 35.8 Å². The number of hydrogen-bond donors (Lipinski definition) is 0. The highest BCUT2D eigenvalue weighted by Gasteiger charge is 2.35. The van der Waals surface area contributed by atoms with Gasteiger partial charge in [-0.3, -0.25) is 9.59 Å². The van der Waals surface area contributed by atoms with Gasteiger partial charge in [-0.25, -0.2) is 4.39 Å². The summed E-state index contributed by atoms with van der Waals surface area (Å²) >= 11 is 12.0. The van der Waals surface area contributed by atoms with Crippen molar-refractivity contribution in [3.8, 4) is 0 Å². The summed E-state index contributed by atoms with van der Waals surface area (Å²) in [7, 11) is 0. The molecule has 0 N–H and O–H groups in total. The van der Waals surface area contributed by atoms with Crippen molar-refractivity contribution >= 4 is 40.7 Å². The first-order valence-electron chi connectivity index (χ1n) is 7.71. The normalized spacial score (nSPS) is 17.8. The third-order valence-corrected chi connectivity index (χ3v) is 4.76. The summed E-state index contributed by atoms with van der Waals surface area (Å²) in [5.41, 5.74) is 0.913. The first kappa shape index (κ1) is 17.7. The highest BCUT2D eigenvalue weighted by Crippen LogP contribution is 2.26. The van der Waals surface area contributed by atoms with E-state index in [9.17, 15) is 14.0 Å². The van der Waals surface area contributed by atoms with Crippen LogP contribution in [0.2, 0.25) is 10.0 Å². The molecule has 0 bridgehead atoms. The molecule has 2 aromatic rings. The lowest BCUT2D eigenvalue weighted by atomic mass is 10.1. The van der Waals surface area contributed by atoms with Gasteiger partial charge in [0.15, 0.2) is 0 Å². The Labute approximate surface area is 154 Å². The molecular formula is C18H15Cl2FN2O2. The van der Waals surface area contributed by atoms with Crippen LogP contribution in [-0.2, 0) is 4.79 Å². The average Bonchev–Trinajstić information content (AvgIpc) is 2.58. The SMILES string of the molecule is C[C@H]1C(=O)N(c2ccc(F)cc2)CCN1C(=O)c1ccc(Cl)cc1Cl. The maximum absolute atomic E-state index is 13.1. The number of hydrogen-bond acceptors (Lipinski definition) is 2. The lowest BCUT2D eigenvalue weighted by molar-refractivity contribution is -0.124. The van der Waals surface area contributed by atoms with E-state index in [0.717, 1.165) is 0 Å². The summed E-state index contributed by atoms with van der Waals surface area (Å²) in [5, 5.41) is 0.685. The van der Waals surface area contributed by atoms with Crippen LogP contribution in [0.15, 0.2) is 42.5 Å². The van der Waals surface area contributed by atoms with E-state index < -0.39 is 6.04 Å². The van der Waals surface area contributed by atoms with Crippen LogP contribution >= 0.6 is 23.2 Å². The molecule has 0 aromatic heterocycles. The van der Waals surface area contributed by atoms with Gasteiger partial charge in [-0.2, -0.15) is 0 Å². The number of amides is 2. The highest BCUT2D eigenvalue weighted by atomic mass is 35.5. The van der Waals surface area contributed by atoms with Gasteiger partial charge in [-0.15, -0.1) is 0 Å². The summed E-state index contributed by atoms with van der Waals surface area (Å²) in [6, 6.07) is 9.69. The van der Waals surface area contributed by atoms with Gasteiger partial charge in [0.05, 0.1) is 10.6 Å². The number of halogens is 3. The zero-order valence-electron chi connectivity index (χ0n) is 13.4. The van der Waals surface area contributed by atoms with Crippen LogP contribution in [0.1, 0.15) is 17.3 Å². The number of benzene rings is 2. The molecule has 0 spiro atoms. The summed E-state index contributed by atoms with van der Waals surface area (Å²) in [6.07, 6.45) is 0. The van der Waals surface area contributed by atoms with Crippen molar-refractivity contribution in [3.05, 3.63) is 63.9 Å². The molecule has 130 valence electrons. The molecule has 1 atom stereocenters. The van der Waals surface area contributed by atoms with E-state index in [2.05, 4.69) is 0 Å². The third-order valence-electron chi connectivity index (χ3n) is 4.22. The van der Waals surface area contributed by atoms with Crippen molar-refractivity contribution in [2.45, 2.75) is 13.0 Å². The predicted molar refractivity (Wildman–Crippen MR) is 95.7 cm³/mol. The van der Waals surface area contributed by atoms with E-state index in [1.54, 1.807) is 36.1 Å². The predicted octanol–water partition coefficient (Wildman–Crippen LogP) is 4.01. The quantitative estimate of drug-likeness (QED) is 0.789. The number of nitrogens with zero attached hydrogens (tertiary/aromatic N) is 2. The second-order valence-corrected chi connectivity index (χ2v) is 6.61. The molecule has 1 saturated heterocycles. The van der Waals surface area contributed by atoms with Gasteiger partial charge in [0.25, 0.3) is 5.91 Å². The van der Waals surface area contributed by atoms with Gasteiger partial charge in [0, 0.05) is 23.8 Å². The van der Waals surface area contributed by atoms with E-state index in [4.69, 9.17) is 23.2 Å². The standard InChI is InChI=1S/C18H15Cl2FN2O2/c1-11-17(24)23(14-5-3-13(21)4-6-14)9-8-22(11)18(25)15-7-2-12(19)10-16(15)20/h2-7,10-11H,8-9H2,1H3/t11-/m0/s1. The van der Waals surface area contributed by atoms with Crippen LogP contribution < -0.4 is 4.90 Å². The minimum atomic E-state index is -0.655. The summed E-state index contributed by atoms with van der Waals surface area (Å²) in [5.74, 6) is -0.909. The lowest BCUT2D eigenvalue weighted by Crippen LogP contribution is -2.57. The van der Waals surface area contributed by atoms with Crippen LogP contribution in [0.4, 0.5) is 10.1 Å². The van der Waals surface area contributed by atoms with E-state index in [1.165, 1.54) is 23.1 Å². The number of rotatable bonds is 2. The van der Waals surface area contributed by atoms with Crippen LogP contribution in [0.25, 0.3) is 0 Å². The first-order chi connectivity index (χ1) is 11.9. The fraction of sp³-hybridized carbons (Fsp3) is 0.222. The summed E-state index contributed by atoms with van der Waals surface area (Å²) in [4.78, 5) is 28.5. The van der Waals surface area contributed by atoms with Gasteiger partial charge in [0.1, 0.15) is 11.9 Å². The van der Waals surface area contributed by atoms with E-state index in [1.807, 2.05) is 0 Å². The topological polar surface area (TPSA) is 40.6 Å².